The van der Waals surface area contributed by atoms with Crippen molar-refractivity contribution < 1.29 is 19.8 Å². The number of carbonyl (C=O) groups is 2. The van der Waals surface area contributed by atoms with E-state index in [1.807, 2.05) is 53.7 Å². The van der Waals surface area contributed by atoms with Gasteiger partial charge in [-0.25, -0.2) is 0 Å². The monoisotopic (exact) mass is 460 g/mol. The highest BCUT2D eigenvalue weighted by molar-refractivity contribution is 6.08. The first-order valence-corrected chi connectivity index (χ1v) is 11.2. The minimum absolute atomic E-state index is 0.0188. The lowest BCUT2D eigenvalue weighted by Crippen LogP contribution is -2.16. The van der Waals surface area contributed by atoms with Gasteiger partial charge in [-0.2, -0.15) is 0 Å². The molecule has 3 aromatic carbocycles. The van der Waals surface area contributed by atoms with Crippen molar-refractivity contribution in [2.45, 2.75) is 52.4 Å². The van der Waals surface area contributed by atoms with Crippen molar-refractivity contribution in [1.29, 1.82) is 0 Å². The predicted octanol–water partition coefficient (Wildman–Crippen LogP) is 6.20. The Labute approximate surface area is 200 Å². The molecule has 0 spiro atoms. The van der Waals surface area contributed by atoms with Crippen molar-refractivity contribution in [3.05, 3.63) is 82.9 Å². The van der Waals surface area contributed by atoms with Crippen molar-refractivity contribution in [1.82, 2.24) is 0 Å². The number of rotatable bonds is 4. The van der Waals surface area contributed by atoms with Crippen LogP contribution >= 0.6 is 0 Å². The molecule has 2 amide bonds. The van der Waals surface area contributed by atoms with Crippen LogP contribution in [0.25, 0.3) is 0 Å². The molecule has 0 fully saturated rings. The normalized spacial score (nSPS) is 11.7. The van der Waals surface area contributed by atoms with Gasteiger partial charge in [0.15, 0.2) is 0 Å². The number of benzene rings is 3. The van der Waals surface area contributed by atoms with E-state index in [0.717, 1.165) is 11.1 Å². The molecule has 3 rings (SSSR count). The summed E-state index contributed by atoms with van der Waals surface area (Å²) >= 11 is 0. The minimum Gasteiger partial charge on any atom is -0.506 e. The summed E-state index contributed by atoms with van der Waals surface area (Å²) in [6.07, 6.45) is 0. The highest BCUT2D eigenvalue weighted by atomic mass is 16.3. The van der Waals surface area contributed by atoms with Crippen LogP contribution in [0.5, 0.6) is 11.5 Å². The highest BCUT2D eigenvalue weighted by Crippen LogP contribution is 2.32. The van der Waals surface area contributed by atoms with Gasteiger partial charge in [-0.3, -0.25) is 9.59 Å². The fourth-order valence-corrected chi connectivity index (χ4v) is 3.37. The van der Waals surface area contributed by atoms with Crippen LogP contribution in [0, 0.1) is 0 Å². The largest absolute Gasteiger partial charge is 0.506 e. The van der Waals surface area contributed by atoms with Gasteiger partial charge in [-0.15, -0.1) is 0 Å². The number of aromatic hydroxyl groups is 2. The van der Waals surface area contributed by atoms with Crippen LogP contribution in [-0.2, 0) is 10.8 Å². The van der Waals surface area contributed by atoms with Gasteiger partial charge < -0.3 is 20.8 Å². The third-order valence-corrected chi connectivity index (χ3v) is 5.63. The van der Waals surface area contributed by atoms with Gasteiger partial charge in [0.1, 0.15) is 11.5 Å². The maximum absolute atomic E-state index is 12.7. The molecule has 0 aliphatic carbocycles. The third-order valence-electron chi connectivity index (χ3n) is 5.63. The molecule has 0 heterocycles. The highest BCUT2D eigenvalue weighted by Gasteiger charge is 2.19. The lowest BCUT2D eigenvalue weighted by atomic mass is 9.87. The summed E-state index contributed by atoms with van der Waals surface area (Å²) in [4.78, 5) is 25.4. The predicted molar refractivity (Wildman–Crippen MR) is 136 cm³/mol. The van der Waals surface area contributed by atoms with Crippen LogP contribution in [-0.4, -0.2) is 22.0 Å². The van der Waals surface area contributed by atoms with Crippen LogP contribution in [0.2, 0.25) is 0 Å². The van der Waals surface area contributed by atoms with Gasteiger partial charge in [0, 0.05) is 11.1 Å². The van der Waals surface area contributed by atoms with E-state index in [4.69, 9.17) is 0 Å². The molecule has 0 atom stereocenters. The smallest absolute Gasteiger partial charge is 0.255 e. The van der Waals surface area contributed by atoms with Gasteiger partial charge in [-0.05, 0) is 70.5 Å². The Morgan fingerprint density at radius 1 is 0.588 bits per heavy atom. The zero-order valence-electron chi connectivity index (χ0n) is 20.5. The molecule has 0 bridgehead atoms. The van der Waals surface area contributed by atoms with Gasteiger partial charge in [0.05, 0.1) is 11.4 Å². The van der Waals surface area contributed by atoms with E-state index in [1.54, 1.807) is 48.5 Å². The van der Waals surface area contributed by atoms with Crippen molar-refractivity contribution in [3.63, 3.8) is 0 Å². The second-order valence-corrected chi connectivity index (χ2v) is 10.4. The molecule has 0 radical (unpaired) electrons. The number of nitrogens with one attached hydrogen (secondary N) is 2. The summed E-state index contributed by atoms with van der Waals surface area (Å²) in [6, 6.07) is 16.5. The van der Waals surface area contributed by atoms with E-state index in [9.17, 15) is 19.8 Å². The van der Waals surface area contributed by atoms with E-state index in [1.165, 1.54) is 0 Å². The van der Waals surface area contributed by atoms with E-state index < -0.39 is 11.8 Å². The Bertz CT molecular complexity index is 1120. The van der Waals surface area contributed by atoms with Crippen molar-refractivity contribution in [3.8, 4) is 11.5 Å². The summed E-state index contributed by atoms with van der Waals surface area (Å²) in [7, 11) is 0. The van der Waals surface area contributed by atoms with E-state index >= 15 is 0 Å². The number of anilines is 2. The van der Waals surface area contributed by atoms with Crippen LogP contribution < -0.4 is 10.6 Å². The lowest BCUT2D eigenvalue weighted by Gasteiger charge is -2.20. The van der Waals surface area contributed by atoms with Crippen molar-refractivity contribution in [2.75, 3.05) is 10.6 Å². The Balaban J connectivity index is 1.74. The maximum atomic E-state index is 12.7. The molecule has 0 aromatic heterocycles. The van der Waals surface area contributed by atoms with Gasteiger partial charge in [0.25, 0.3) is 11.8 Å². The first kappa shape index (κ1) is 24.8. The molecule has 0 aliphatic heterocycles. The number of amides is 2. The SMILES string of the molecule is CC(C)(C)c1ccc(O)c(NC(=O)c2ccc(C(=O)Nc3cc(C(C)(C)C)ccc3O)cc2)c1. The first-order chi connectivity index (χ1) is 15.8. The summed E-state index contributed by atoms with van der Waals surface area (Å²) in [5, 5.41) is 25.8. The molecule has 0 saturated carbocycles. The molecule has 0 saturated heterocycles. The molecule has 3 aromatic rings. The van der Waals surface area contributed by atoms with Crippen molar-refractivity contribution in [2.24, 2.45) is 0 Å². The average molecular weight is 461 g/mol. The minimum atomic E-state index is -0.399. The summed E-state index contributed by atoms with van der Waals surface area (Å²) in [5.41, 5.74) is 3.02. The second-order valence-electron chi connectivity index (χ2n) is 10.4. The average Bonchev–Trinajstić information content (AvgIpc) is 2.75. The summed E-state index contributed by atoms with van der Waals surface area (Å²) in [6.45, 7) is 12.3. The first-order valence-electron chi connectivity index (χ1n) is 11.2. The summed E-state index contributed by atoms with van der Waals surface area (Å²) in [5.74, 6) is -0.836. The maximum Gasteiger partial charge on any atom is 0.255 e. The quantitative estimate of drug-likeness (QED) is 0.349. The standard InChI is InChI=1S/C28H32N2O4/c1-27(2,3)19-11-13-23(31)21(15-19)29-25(33)17-7-9-18(10-8-17)26(34)30-22-16-20(28(4,5)6)12-14-24(22)32/h7-16,31-32H,1-6H3,(H,29,33)(H,30,34). The van der Waals surface area contributed by atoms with Crippen LogP contribution in [0.4, 0.5) is 11.4 Å². The number of phenolic OH excluding ortho intramolecular Hbond substituents is 2. The zero-order chi connectivity index (χ0) is 25.3. The topological polar surface area (TPSA) is 98.7 Å². The summed E-state index contributed by atoms with van der Waals surface area (Å²) < 4.78 is 0. The number of hydrogen-bond acceptors (Lipinski definition) is 4. The zero-order valence-corrected chi connectivity index (χ0v) is 20.5. The number of phenols is 2. The molecule has 6 heteroatoms. The van der Waals surface area contributed by atoms with E-state index in [-0.39, 0.29) is 22.3 Å². The number of carbonyl (C=O) groups excluding carboxylic acids is 2. The van der Waals surface area contributed by atoms with Crippen LogP contribution in [0.1, 0.15) is 73.4 Å². The molecular formula is C28H32N2O4. The molecule has 6 nitrogen and oxygen atoms in total. The molecule has 0 aliphatic rings. The molecule has 0 unspecified atom stereocenters. The van der Waals surface area contributed by atoms with Crippen LogP contribution in [0.15, 0.2) is 60.7 Å². The molecule has 4 N–H and O–H groups in total. The molecular weight excluding hydrogens is 428 g/mol. The Morgan fingerprint density at radius 3 is 1.21 bits per heavy atom. The fourth-order valence-electron chi connectivity index (χ4n) is 3.37. The Kier molecular flexibility index (Phi) is 6.73. The fraction of sp³-hybridized carbons (Fsp3) is 0.286. The van der Waals surface area contributed by atoms with E-state index in [0.29, 0.717) is 22.5 Å². The molecule has 34 heavy (non-hydrogen) atoms. The number of hydrogen-bond donors (Lipinski definition) is 4. The lowest BCUT2D eigenvalue weighted by molar-refractivity contribution is 0.101. The third kappa shape index (κ3) is 5.76. The Morgan fingerprint density at radius 2 is 0.912 bits per heavy atom. The second kappa shape index (κ2) is 9.21. The van der Waals surface area contributed by atoms with Gasteiger partial charge in [-0.1, -0.05) is 53.7 Å². The van der Waals surface area contributed by atoms with E-state index in [2.05, 4.69) is 10.6 Å². The van der Waals surface area contributed by atoms with Crippen molar-refractivity contribution >= 4 is 23.2 Å². The van der Waals surface area contributed by atoms with Gasteiger partial charge in [0.2, 0.25) is 0 Å². The molecule has 178 valence electrons. The van der Waals surface area contributed by atoms with Crippen LogP contribution in [0.3, 0.4) is 0 Å². The van der Waals surface area contributed by atoms with Gasteiger partial charge >= 0.3 is 0 Å². The Hall–Kier alpha value is -3.80.